The number of amides is 1. The molecule has 3 N–H and O–H groups in total. The lowest BCUT2D eigenvalue weighted by molar-refractivity contribution is -0.114. The number of nitrogens with one attached hydrogen (secondary N) is 3. The molecule has 0 unspecified atom stereocenters. The van der Waals surface area contributed by atoms with Crippen LogP contribution in [0.1, 0.15) is 12.5 Å². The van der Waals surface area contributed by atoms with Crippen LogP contribution >= 0.6 is 0 Å². The second kappa shape index (κ2) is 8.62. The molecule has 0 bridgehead atoms. The molecule has 0 aliphatic rings. The van der Waals surface area contributed by atoms with Gasteiger partial charge in [0.05, 0.1) is 0 Å². The maximum Gasteiger partial charge on any atom is 0.229 e. The van der Waals surface area contributed by atoms with Gasteiger partial charge in [-0.05, 0) is 36.2 Å². The van der Waals surface area contributed by atoms with Crippen molar-refractivity contribution in [2.75, 3.05) is 22.5 Å². The first-order chi connectivity index (χ1) is 12.7. The largest absolute Gasteiger partial charge is 0.370 e. The summed E-state index contributed by atoms with van der Waals surface area (Å²) >= 11 is 0. The summed E-state index contributed by atoms with van der Waals surface area (Å²) in [6.07, 6.45) is 2.63. The Morgan fingerprint density at radius 3 is 2.62 bits per heavy atom. The molecule has 1 aromatic heterocycles. The van der Waals surface area contributed by atoms with E-state index in [0.717, 1.165) is 30.2 Å². The van der Waals surface area contributed by atoms with E-state index >= 15 is 0 Å². The van der Waals surface area contributed by atoms with E-state index < -0.39 is 0 Å². The Morgan fingerprint density at radius 2 is 1.81 bits per heavy atom. The van der Waals surface area contributed by atoms with Crippen LogP contribution in [0.25, 0.3) is 0 Å². The third-order valence-corrected chi connectivity index (χ3v) is 3.66. The first-order valence-electron chi connectivity index (χ1n) is 8.44. The number of nitrogens with zero attached hydrogens (tertiary/aromatic N) is 2. The van der Waals surface area contributed by atoms with Gasteiger partial charge in [-0.3, -0.25) is 4.79 Å². The van der Waals surface area contributed by atoms with E-state index in [1.165, 1.54) is 12.5 Å². The minimum atomic E-state index is -0.108. The SMILES string of the molecule is CC(=O)Nc1cccc(Nc2nccc(NCCc3ccccc3)n2)c1. The molecule has 0 radical (unpaired) electrons. The van der Waals surface area contributed by atoms with Crippen LogP contribution in [0.15, 0.2) is 66.9 Å². The topological polar surface area (TPSA) is 78.9 Å². The van der Waals surface area contributed by atoms with Crippen LogP contribution in [0, 0.1) is 0 Å². The first kappa shape index (κ1) is 17.4. The first-order valence-corrected chi connectivity index (χ1v) is 8.44. The Balaban J connectivity index is 1.59. The van der Waals surface area contributed by atoms with Crippen LogP contribution < -0.4 is 16.0 Å². The summed E-state index contributed by atoms with van der Waals surface area (Å²) in [4.78, 5) is 19.9. The lowest BCUT2D eigenvalue weighted by atomic mass is 10.1. The van der Waals surface area contributed by atoms with E-state index in [9.17, 15) is 4.79 Å². The zero-order chi connectivity index (χ0) is 18.2. The van der Waals surface area contributed by atoms with Crippen molar-refractivity contribution in [3.8, 4) is 0 Å². The fourth-order valence-electron chi connectivity index (χ4n) is 2.50. The molecular weight excluding hydrogens is 326 g/mol. The molecule has 132 valence electrons. The summed E-state index contributed by atoms with van der Waals surface area (Å²) in [5.41, 5.74) is 2.81. The quantitative estimate of drug-likeness (QED) is 0.605. The summed E-state index contributed by atoms with van der Waals surface area (Å²) < 4.78 is 0. The molecule has 0 aliphatic heterocycles. The van der Waals surface area contributed by atoms with Gasteiger partial charge in [0.1, 0.15) is 5.82 Å². The van der Waals surface area contributed by atoms with Gasteiger partial charge in [-0.1, -0.05) is 36.4 Å². The molecule has 2 aromatic carbocycles. The highest BCUT2D eigenvalue weighted by molar-refractivity contribution is 5.89. The number of hydrogen-bond acceptors (Lipinski definition) is 5. The van der Waals surface area contributed by atoms with Gasteiger partial charge in [0.2, 0.25) is 11.9 Å². The van der Waals surface area contributed by atoms with E-state index in [1.54, 1.807) is 6.20 Å². The molecule has 6 nitrogen and oxygen atoms in total. The molecule has 0 atom stereocenters. The number of hydrogen-bond donors (Lipinski definition) is 3. The predicted octanol–water partition coefficient (Wildman–Crippen LogP) is 3.83. The molecule has 3 rings (SSSR count). The van der Waals surface area contributed by atoms with E-state index in [2.05, 4.69) is 38.1 Å². The van der Waals surface area contributed by atoms with Crippen molar-refractivity contribution >= 4 is 29.0 Å². The highest BCUT2D eigenvalue weighted by Crippen LogP contribution is 2.18. The fourth-order valence-corrected chi connectivity index (χ4v) is 2.50. The monoisotopic (exact) mass is 347 g/mol. The molecule has 0 spiro atoms. The van der Waals surface area contributed by atoms with Gasteiger partial charge in [-0.25, -0.2) is 4.98 Å². The van der Waals surface area contributed by atoms with Crippen molar-refractivity contribution in [1.82, 2.24) is 9.97 Å². The highest BCUT2D eigenvalue weighted by atomic mass is 16.1. The average molecular weight is 347 g/mol. The maximum atomic E-state index is 11.2. The van der Waals surface area contributed by atoms with Crippen molar-refractivity contribution in [2.24, 2.45) is 0 Å². The molecule has 3 aromatic rings. The van der Waals surface area contributed by atoms with Gasteiger partial charge < -0.3 is 16.0 Å². The Kier molecular flexibility index (Phi) is 5.77. The lowest BCUT2D eigenvalue weighted by Gasteiger charge is -2.10. The summed E-state index contributed by atoms with van der Waals surface area (Å²) in [6.45, 7) is 2.27. The molecule has 1 amide bonds. The van der Waals surface area contributed by atoms with Crippen molar-refractivity contribution in [3.05, 3.63) is 72.4 Å². The highest BCUT2D eigenvalue weighted by Gasteiger charge is 2.02. The van der Waals surface area contributed by atoms with Crippen LogP contribution in [0.2, 0.25) is 0 Å². The second-order valence-electron chi connectivity index (χ2n) is 5.81. The molecule has 1 heterocycles. The van der Waals surface area contributed by atoms with E-state index in [-0.39, 0.29) is 5.91 Å². The molecule has 0 aliphatic carbocycles. The number of carbonyl (C=O) groups excluding carboxylic acids is 1. The molecular formula is C20H21N5O. The van der Waals surface area contributed by atoms with E-state index in [1.807, 2.05) is 48.5 Å². The Morgan fingerprint density at radius 1 is 1.00 bits per heavy atom. The van der Waals surface area contributed by atoms with Crippen LogP contribution in [0.4, 0.5) is 23.1 Å². The number of anilines is 4. The van der Waals surface area contributed by atoms with Gasteiger partial charge in [0.15, 0.2) is 0 Å². The predicted molar refractivity (Wildman–Crippen MR) is 105 cm³/mol. The van der Waals surface area contributed by atoms with Gasteiger partial charge in [-0.2, -0.15) is 4.98 Å². The summed E-state index contributed by atoms with van der Waals surface area (Å²) in [5, 5.41) is 9.21. The van der Waals surface area contributed by atoms with Crippen LogP contribution in [0.3, 0.4) is 0 Å². The second-order valence-corrected chi connectivity index (χ2v) is 5.81. The van der Waals surface area contributed by atoms with Gasteiger partial charge in [0, 0.05) is 31.0 Å². The third kappa shape index (κ3) is 5.31. The normalized spacial score (nSPS) is 10.2. The van der Waals surface area contributed by atoms with Crippen LogP contribution in [-0.2, 0) is 11.2 Å². The maximum absolute atomic E-state index is 11.2. The number of rotatable bonds is 7. The molecule has 6 heteroatoms. The third-order valence-electron chi connectivity index (χ3n) is 3.66. The van der Waals surface area contributed by atoms with Crippen molar-refractivity contribution < 1.29 is 4.79 Å². The minimum Gasteiger partial charge on any atom is -0.370 e. The summed E-state index contributed by atoms with van der Waals surface area (Å²) in [6, 6.07) is 19.6. The number of benzene rings is 2. The molecule has 0 fully saturated rings. The molecule has 26 heavy (non-hydrogen) atoms. The smallest absolute Gasteiger partial charge is 0.229 e. The molecule has 0 saturated heterocycles. The van der Waals surface area contributed by atoms with E-state index in [0.29, 0.717) is 5.95 Å². The van der Waals surface area contributed by atoms with E-state index in [4.69, 9.17) is 0 Å². The minimum absolute atomic E-state index is 0.108. The fraction of sp³-hybridized carbons (Fsp3) is 0.150. The Hall–Kier alpha value is -3.41. The van der Waals surface area contributed by atoms with Crippen LogP contribution in [-0.4, -0.2) is 22.4 Å². The Labute approximate surface area is 152 Å². The number of carbonyl (C=O) groups is 1. The Bertz CT molecular complexity index is 867. The standard InChI is InChI=1S/C20H21N5O/c1-15(26)23-17-8-5-9-18(14-17)24-20-22-13-11-19(25-20)21-12-10-16-6-3-2-4-7-16/h2-9,11,13-14H,10,12H2,1H3,(H,23,26)(H2,21,22,24,25). The van der Waals surface area contributed by atoms with Gasteiger partial charge >= 0.3 is 0 Å². The van der Waals surface area contributed by atoms with Crippen molar-refractivity contribution in [2.45, 2.75) is 13.3 Å². The zero-order valence-corrected chi connectivity index (χ0v) is 14.6. The summed E-state index contributed by atoms with van der Waals surface area (Å²) in [5.74, 6) is 1.15. The zero-order valence-electron chi connectivity index (χ0n) is 14.6. The molecule has 0 saturated carbocycles. The van der Waals surface area contributed by atoms with Gasteiger partial charge in [0.25, 0.3) is 0 Å². The van der Waals surface area contributed by atoms with Crippen LogP contribution in [0.5, 0.6) is 0 Å². The van der Waals surface area contributed by atoms with Crippen molar-refractivity contribution in [3.63, 3.8) is 0 Å². The summed E-state index contributed by atoms with van der Waals surface area (Å²) in [7, 11) is 0. The lowest BCUT2D eigenvalue weighted by Crippen LogP contribution is -2.08. The average Bonchev–Trinajstić information content (AvgIpc) is 2.63. The van der Waals surface area contributed by atoms with Crippen molar-refractivity contribution in [1.29, 1.82) is 0 Å². The van der Waals surface area contributed by atoms with Gasteiger partial charge in [-0.15, -0.1) is 0 Å². The number of aromatic nitrogens is 2.